The van der Waals surface area contributed by atoms with Gasteiger partial charge in [-0.3, -0.25) is 28.9 Å². The van der Waals surface area contributed by atoms with Crippen LogP contribution in [0.1, 0.15) is 16.8 Å². The molecule has 1 aromatic heterocycles. The molecule has 1 N–H and O–H groups in total. The molecule has 2 aromatic carbocycles. The molecule has 0 radical (unpaired) electrons. The number of nitriles is 1. The number of nitrogens with one attached hydrogen (secondary N) is 1. The van der Waals surface area contributed by atoms with Crippen molar-refractivity contribution in [2.45, 2.75) is 23.5 Å². The van der Waals surface area contributed by atoms with Crippen molar-refractivity contribution < 1.29 is 27.1 Å². The second kappa shape index (κ2) is 10.1. The van der Waals surface area contributed by atoms with E-state index in [9.17, 15) is 33.4 Å². The topological polar surface area (TPSA) is 173 Å². The number of nitro groups is 1. The third kappa shape index (κ3) is 5.14. The number of carbonyl (C=O) groups excluding carboxylic acids is 2. The summed E-state index contributed by atoms with van der Waals surface area (Å²) in [7, 11) is -4.30. The van der Waals surface area contributed by atoms with E-state index < -0.39 is 45.5 Å². The van der Waals surface area contributed by atoms with Crippen LogP contribution in [0.5, 0.6) is 0 Å². The molecule has 184 valence electrons. The molecule has 0 saturated carbocycles. The number of carbonyl (C=O) groups is 2. The Morgan fingerprint density at radius 3 is 2.61 bits per heavy atom. The minimum absolute atomic E-state index is 0.0581. The number of para-hydroxylation sites is 1. The lowest BCUT2D eigenvalue weighted by atomic mass is 10.1. The SMILES string of the molecule is N#C[C@@H]1C[C@@H](OS(=O)(=O)c2ccc([N+](=O)[O-])cc2)CN1C(=O)CNC(=O)c1ccnc2ccccc12. The maximum atomic E-state index is 12.8. The summed E-state index contributed by atoms with van der Waals surface area (Å²) in [4.78, 5) is 40.6. The van der Waals surface area contributed by atoms with Crippen molar-refractivity contribution in [1.82, 2.24) is 15.2 Å². The molecule has 12 nitrogen and oxygen atoms in total. The van der Waals surface area contributed by atoms with Gasteiger partial charge in [0.15, 0.2) is 0 Å². The second-order valence-electron chi connectivity index (χ2n) is 7.91. The van der Waals surface area contributed by atoms with Crippen LogP contribution in [0.25, 0.3) is 10.9 Å². The monoisotopic (exact) mass is 509 g/mol. The van der Waals surface area contributed by atoms with E-state index in [0.717, 1.165) is 29.2 Å². The maximum Gasteiger partial charge on any atom is 0.297 e. The summed E-state index contributed by atoms with van der Waals surface area (Å²) in [5, 5.41) is 23.4. The van der Waals surface area contributed by atoms with Gasteiger partial charge < -0.3 is 10.2 Å². The van der Waals surface area contributed by atoms with Gasteiger partial charge in [-0.05, 0) is 24.3 Å². The van der Waals surface area contributed by atoms with E-state index in [2.05, 4.69) is 10.3 Å². The van der Waals surface area contributed by atoms with Crippen molar-refractivity contribution in [2.24, 2.45) is 0 Å². The molecule has 13 heteroatoms. The van der Waals surface area contributed by atoms with E-state index in [1.54, 1.807) is 24.3 Å². The largest absolute Gasteiger partial charge is 0.343 e. The first-order valence-corrected chi connectivity index (χ1v) is 12.1. The molecular weight excluding hydrogens is 490 g/mol. The van der Waals surface area contributed by atoms with Gasteiger partial charge in [0, 0.05) is 36.7 Å². The Hall–Kier alpha value is -4.41. The van der Waals surface area contributed by atoms with Gasteiger partial charge in [-0.2, -0.15) is 13.7 Å². The van der Waals surface area contributed by atoms with Gasteiger partial charge in [-0.15, -0.1) is 0 Å². The molecule has 36 heavy (non-hydrogen) atoms. The number of hydrogen-bond acceptors (Lipinski definition) is 9. The number of fused-ring (bicyclic) bond motifs is 1. The number of nitro benzene ring substituents is 1. The lowest BCUT2D eigenvalue weighted by Gasteiger charge is -2.20. The molecule has 1 fully saturated rings. The summed E-state index contributed by atoms with van der Waals surface area (Å²) in [6.45, 7) is -0.590. The number of aromatic nitrogens is 1. The average Bonchev–Trinajstić information content (AvgIpc) is 3.29. The van der Waals surface area contributed by atoms with Gasteiger partial charge in [0.2, 0.25) is 5.91 Å². The number of nitrogens with zero attached hydrogens (tertiary/aromatic N) is 4. The van der Waals surface area contributed by atoms with E-state index in [4.69, 9.17) is 4.18 Å². The van der Waals surface area contributed by atoms with Crippen LogP contribution >= 0.6 is 0 Å². The zero-order valence-electron chi connectivity index (χ0n) is 18.6. The molecule has 1 aliphatic heterocycles. The quantitative estimate of drug-likeness (QED) is 0.283. The zero-order valence-corrected chi connectivity index (χ0v) is 19.4. The van der Waals surface area contributed by atoms with Crippen molar-refractivity contribution in [3.63, 3.8) is 0 Å². The predicted molar refractivity (Wildman–Crippen MR) is 125 cm³/mol. The molecule has 1 saturated heterocycles. The van der Waals surface area contributed by atoms with E-state index in [0.29, 0.717) is 16.5 Å². The summed E-state index contributed by atoms with van der Waals surface area (Å²) in [6.07, 6.45) is 0.425. The van der Waals surface area contributed by atoms with E-state index >= 15 is 0 Å². The third-order valence-corrected chi connectivity index (χ3v) is 7.00. The fourth-order valence-electron chi connectivity index (χ4n) is 3.88. The Morgan fingerprint density at radius 2 is 1.92 bits per heavy atom. The molecule has 0 bridgehead atoms. The maximum absolute atomic E-state index is 12.8. The highest BCUT2D eigenvalue weighted by Gasteiger charge is 2.38. The Labute approximate surface area is 205 Å². The number of hydrogen-bond donors (Lipinski definition) is 1. The molecule has 0 aliphatic carbocycles. The van der Waals surface area contributed by atoms with Crippen LogP contribution in [-0.4, -0.2) is 60.3 Å². The van der Waals surface area contributed by atoms with Gasteiger partial charge in [0.05, 0.1) is 39.6 Å². The van der Waals surface area contributed by atoms with Crippen molar-refractivity contribution in [3.8, 4) is 6.07 Å². The number of amides is 2. The van der Waals surface area contributed by atoms with Crippen LogP contribution in [0.15, 0.2) is 65.7 Å². The van der Waals surface area contributed by atoms with Crippen LogP contribution < -0.4 is 5.32 Å². The fraction of sp³-hybridized carbons (Fsp3) is 0.217. The molecule has 2 amide bonds. The zero-order chi connectivity index (χ0) is 25.9. The van der Waals surface area contributed by atoms with Crippen LogP contribution in [0, 0.1) is 21.4 Å². The number of pyridine rings is 1. The van der Waals surface area contributed by atoms with Crippen LogP contribution in [-0.2, 0) is 19.1 Å². The molecule has 2 heterocycles. The highest BCUT2D eigenvalue weighted by molar-refractivity contribution is 7.86. The second-order valence-corrected chi connectivity index (χ2v) is 9.48. The van der Waals surface area contributed by atoms with E-state index in [-0.39, 0.29) is 23.5 Å². The smallest absolute Gasteiger partial charge is 0.297 e. The molecule has 0 spiro atoms. The molecule has 2 atom stereocenters. The van der Waals surface area contributed by atoms with Gasteiger partial charge >= 0.3 is 0 Å². The Morgan fingerprint density at radius 1 is 1.19 bits per heavy atom. The summed E-state index contributed by atoms with van der Waals surface area (Å²) in [5.41, 5.74) is 0.676. The normalized spacial score (nSPS) is 17.5. The molecule has 0 unspecified atom stereocenters. The van der Waals surface area contributed by atoms with E-state index in [1.807, 2.05) is 6.07 Å². The van der Waals surface area contributed by atoms with Crippen molar-refractivity contribution >= 4 is 38.5 Å². The molecule has 1 aliphatic rings. The lowest BCUT2D eigenvalue weighted by Crippen LogP contribution is -2.42. The highest BCUT2D eigenvalue weighted by atomic mass is 32.2. The molecular formula is C23H19N5O7S. The van der Waals surface area contributed by atoms with Crippen LogP contribution in [0.3, 0.4) is 0 Å². The standard InChI is InChI=1S/C23H19N5O7S/c24-12-16-11-17(35-36(33,34)18-7-5-15(6-8-18)28(31)32)14-27(16)22(29)13-26-23(30)20-9-10-25-21-4-2-1-3-19(20)21/h1-10,16-17H,11,13-14H2,(H,26,30)/t16-,17+/m0/s1. The predicted octanol–water partition coefficient (Wildman–Crippen LogP) is 1.77. The Kier molecular flexibility index (Phi) is 6.91. The Bertz CT molecular complexity index is 1480. The first-order chi connectivity index (χ1) is 17.2. The summed E-state index contributed by atoms with van der Waals surface area (Å²) in [6, 6.07) is 13.7. The summed E-state index contributed by atoms with van der Waals surface area (Å²) in [5.74, 6) is -1.07. The highest BCUT2D eigenvalue weighted by Crippen LogP contribution is 2.25. The minimum atomic E-state index is -4.30. The van der Waals surface area contributed by atoms with Crippen LogP contribution in [0.4, 0.5) is 5.69 Å². The van der Waals surface area contributed by atoms with Crippen LogP contribution in [0.2, 0.25) is 0 Å². The number of likely N-dealkylation sites (tertiary alicyclic amines) is 1. The summed E-state index contributed by atoms with van der Waals surface area (Å²) >= 11 is 0. The first-order valence-electron chi connectivity index (χ1n) is 10.7. The average molecular weight is 510 g/mol. The van der Waals surface area contributed by atoms with Crippen molar-refractivity contribution in [1.29, 1.82) is 5.26 Å². The lowest BCUT2D eigenvalue weighted by molar-refractivity contribution is -0.384. The van der Waals surface area contributed by atoms with Gasteiger partial charge in [0.1, 0.15) is 6.04 Å². The van der Waals surface area contributed by atoms with Gasteiger partial charge in [0.25, 0.3) is 21.7 Å². The molecule has 3 aromatic rings. The third-order valence-electron chi connectivity index (χ3n) is 5.62. The Balaban J connectivity index is 1.40. The minimum Gasteiger partial charge on any atom is -0.343 e. The van der Waals surface area contributed by atoms with Gasteiger partial charge in [-0.25, -0.2) is 0 Å². The molecule has 4 rings (SSSR count). The van der Waals surface area contributed by atoms with E-state index in [1.165, 1.54) is 12.3 Å². The van der Waals surface area contributed by atoms with Gasteiger partial charge in [-0.1, -0.05) is 18.2 Å². The van der Waals surface area contributed by atoms with Crippen molar-refractivity contribution in [3.05, 3.63) is 76.5 Å². The first kappa shape index (κ1) is 24.7. The number of rotatable bonds is 7. The summed E-state index contributed by atoms with van der Waals surface area (Å²) < 4.78 is 30.4. The van der Waals surface area contributed by atoms with Crippen molar-refractivity contribution in [2.75, 3.05) is 13.1 Å². The number of non-ortho nitro benzene ring substituents is 1. The number of benzene rings is 2. The fourth-order valence-corrected chi connectivity index (χ4v) is 4.96.